The molecule has 0 aliphatic carbocycles. The molecule has 0 aromatic heterocycles. The Morgan fingerprint density at radius 1 is 1.15 bits per heavy atom. The van der Waals surface area contributed by atoms with Crippen LogP contribution in [-0.2, 0) is 9.59 Å². The number of rotatable bonds is 5. The van der Waals surface area contributed by atoms with Gasteiger partial charge in [-0.2, -0.15) is 0 Å². The minimum absolute atomic E-state index is 0.0101. The Balaban J connectivity index is 1.74. The van der Waals surface area contributed by atoms with Crippen molar-refractivity contribution in [2.24, 2.45) is 5.92 Å². The molecular formula is C22H26N2O3. The molecule has 27 heavy (non-hydrogen) atoms. The van der Waals surface area contributed by atoms with Gasteiger partial charge in [0.25, 0.3) is 0 Å². The Labute approximate surface area is 160 Å². The van der Waals surface area contributed by atoms with Crippen LogP contribution in [0, 0.1) is 19.8 Å². The van der Waals surface area contributed by atoms with Gasteiger partial charge < -0.3 is 15.0 Å². The first-order chi connectivity index (χ1) is 12.9. The van der Waals surface area contributed by atoms with Gasteiger partial charge in [-0.05, 0) is 57.0 Å². The van der Waals surface area contributed by atoms with E-state index >= 15 is 0 Å². The molecule has 0 bridgehead atoms. The van der Waals surface area contributed by atoms with Gasteiger partial charge in [-0.15, -0.1) is 0 Å². The lowest BCUT2D eigenvalue weighted by atomic mass is 10.1. The molecule has 1 saturated heterocycles. The van der Waals surface area contributed by atoms with Crippen LogP contribution < -0.4 is 15.0 Å². The van der Waals surface area contributed by atoms with E-state index in [2.05, 4.69) is 5.32 Å². The Kier molecular flexibility index (Phi) is 5.49. The van der Waals surface area contributed by atoms with E-state index in [1.165, 1.54) is 0 Å². The molecule has 5 heteroatoms. The van der Waals surface area contributed by atoms with Crippen molar-refractivity contribution in [3.63, 3.8) is 0 Å². The Morgan fingerprint density at radius 3 is 2.63 bits per heavy atom. The lowest BCUT2D eigenvalue weighted by Crippen LogP contribution is -2.28. The summed E-state index contributed by atoms with van der Waals surface area (Å²) in [5.74, 6) is 0.0765. The molecule has 2 amide bonds. The average molecular weight is 366 g/mol. The summed E-state index contributed by atoms with van der Waals surface area (Å²) in [5, 5.41) is 2.93. The van der Waals surface area contributed by atoms with Gasteiger partial charge in [0.1, 0.15) is 5.75 Å². The summed E-state index contributed by atoms with van der Waals surface area (Å²) >= 11 is 0. The molecule has 1 atom stereocenters. The molecule has 1 N–H and O–H groups in total. The second-order valence-electron chi connectivity index (χ2n) is 7.28. The van der Waals surface area contributed by atoms with Gasteiger partial charge in [0.2, 0.25) is 11.8 Å². The largest absolute Gasteiger partial charge is 0.489 e. The number of aryl methyl sites for hydroxylation is 1. The molecule has 0 spiro atoms. The number of carbonyl (C=O) groups excluding carboxylic acids is 2. The molecule has 5 nitrogen and oxygen atoms in total. The van der Waals surface area contributed by atoms with Crippen LogP contribution >= 0.6 is 0 Å². The Morgan fingerprint density at radius 2 is 1.89 bits per heavy atom. The van der Waals surface area contributed by atoms with E-state index in [0.29, 0.717) is 18.0 Å². The topological polar surface area (TPSA) is 58.6 Å². The lowest BCUT2D eigenvalue weighted by Gasteiger charge is -2.20. The van der Waals surface area contributed by atoms with Crippen LogP contribution in [0.1, 0.15) is 31.4 Å². The molecule has 1 fully saturated rings. The van der Waals surface area contributed by atoms with Gasteiger partial charge in [0, 0.05) is 18.7 Å². The number of benzene rings is 2. The minimum atomic E-state index is -0.385. The van der Waals surface area contributed by atoms with E-state index in [9.17, 15) is 9.59 Å². The first kappa shape index (κ1) is 19.0. The van der Waals surface area contributed by atoms with Gasteiger partial charge in [0.05, 0.1) is 17.7 Å². The fraction of sp³-hybridized carbons (Fsp3) is 0.364. The Bertz CT molecular complexity index is 860. The van der Waals surface area contributed by atoms with E-state index in [1.807, 2.05) is 70.2 Å². The second-order valence-corrected chi connectivity index (χ2v) is 7.28. The van der Waals surface area contributed by atoms with Crippen LogP contribution in [0.2, 0.25) is 0 Å². The predicted molar refractivity (Wildman–Crippen MR) is 107 cm³/mol. The summed E-state index contributed by atoms with van der Waals surface area (Å²) in [7, 11) is 0. The van der Waals surface area contributed by atoms with Crippen molar-refractivity contribution >= 4 is 23.2 Å². The van der Waals surface area contributed by atoms with E-state index in [1.54, 1.807) is 4.90 Å². The number of nitrogens with zero attached hydrogens (tertiary/aromatic N) is 1. The SMILES string of the molecule is Cc1cccc(N2CC(C(=O)Nc3ccccc3OC(C)C)CC2=O)c1C. The quantitative estimate of drug-likeness (QED) is 0.867. The smallest absolute Gasteiger partial charge is 0.229 e. The minimum Gasteiger partial charge on any atom is -0.489 e. The third-order valence-corrected chi connectivity index (χ3v) is 4.87. The third-order valence-electron chi connectivity index (χ3n) is 4.87. The van der Waals surface area contributed by atoms with E-state index in [4.69, 9.17) is 4.74 Å². The van der Waals surface area contributed by atoms with Crippen molar-refractivity contribution in [3.8, 4) is 5.75 Å². The highest BCUT2D eigenvalue weighted by Crippen LogP contribution is 2.31. The van der Waals surface area contributed by atoms with Crippen molar-refractivity contribution in [1.29, 1.82) is 0 Å². The molecule has 1 aliphatic rings. The van der Waals surface area contributed by atoms with Crippen molar-refractivity contribution in [2.45, 2.75) is 40.2 Å². The van der Waals surface area contributed by atoms with E-state index in [0.717, 1.165) is 16.8 Å². The lowest BCUT2D eigenvalue weighted by molar-refractivity contribution is -0.122. The standard InChI is InChI=1S/C22H26N2O3/c1-14(2)27-20-11-6-5-9-18(20)23-22(26)17-12-21(25)24(13-17)19-10-7-8-15(3)16(19)4/h5-11,14,17H,12-13H2,1-4H3,(H,23,26). The summed E-state index contributed by atoms with van der Waals surface area (Å²) in [4.78, 5) is 27.0. The van der Waals surface area contributed by atoms with Crippen LogP contribution in [0.3, 0.4) is 0 Å². The fourth-order valence-corrected chi connectivity index (χ4v) is 3.31. The zero-order chi connectivity index (χ0) is 19.6. The molecule has 1 unspecified atom stereocenters. The third kappa shape index (κ3) is 4.13. The van der Waals surface area contributed by atoms with Gasteiger partial charge in [-0.25, -0.2) is 0 Å². The average Bonchev–Trinajstić information content (AvgIpc) is 3.00. The molecule has 1 heterocycles. The van der Waals surface area contributed by atoms with E-state index in [-0.39, 0.29) is 30.3 Å². The highest BCUT2D eigenvalue weighted by Gasteiger charge is 2.36. The van der Waals surface area contributed by atoms with E-state index < -0.39 is 0 Å². The number of amides is 2. The second kappa shape index (κ2) is 7.82. The number of hydrogen-bond donors (Lipinski definition) is 1. The summed E-state index contributed by atoms with van der Waals surface area (Å²) in [6.45, 7) is 8.30. The molecule has 1 aliphatic heterocycles. The number of hydrogen-bond acceptors (Lipinski definition) is 3. The van der Waals surface area contributed by atoms with Crippen molar-refractivity contribution in [3.05, 3.63) is 53.6 Å². The molecule has 2 aromatic carbocycles. The molecule has 2 aromatic rings. The highest BCUT2D eigenvalue weighted by molar-refractivity contribution is 6.04. The molecular weight excluding hydrogens is 340 g/mol. The predicted octanol–water partition coefficient (Wildman–Crippen LogP) is 4.08. The maximum absolute atomic E-state index is 12.8. The zero-order valence-corrected chi connectivity index (χ0v) is 16.3. The molecule has 0 radical (unpaired) electrons. The molecule has 142 valence electrons. The summed E-state index contributed by atoms with van der Waals surface area (Å²) in [6.07, 6.45) is 0.225. The maximum atomic E-state index is 12.8. The number of para-hydroxylation sites is 2. The highest BCUT2D eigenvalue weighted by atomic mass is 16.5. The summed E-state index contributed by atoms with van der Waals surface area (Å²) in [5.41, 5.74) is 3.73. The molecule has 0 saturated carbocycles. The number of anilines is 2. The van der Waals surface area contributed by atoms with Gasteiger partial charge in [-0.1, -0.05) is 24.3 Å². The van der Waals surface area contributed by atoms with Crippen LogP contribution in [0.4, 0.5) is 11.4 Å². The number of nitrogens with one attached hydrogen (secondary N) is 1. The monoisotopic (exact) mass is 366 g/mol. The fourth-order valence-electron chi connectivity index (χ4n) is 3.31. The first-order valence-electron chi connectivity index (χ1n) is 9.30. The summed E-state index contributed by atoms with van der Waals surface area (Å²) < 4.78 is 5.76. The zero-order valence-electron chi connectivity index (χ0n) is 16.3. The van der Waals surface area contributed by atoms with Crippen molar-refractivity contribution in [2.75, 3.05) is 16.8 Å². The number of ether oxygens (including phenoxy) is 1. The number of carbonyl (C=O) groups is 2. The first-order valence-corrected chi connectivity index (χ1v) is 9.30. The van der Waals surface area contributed by atoms with Crippen molar-refractivity contribution < 1.29 is 14.3 Å². The van der Waals surface area contributed by atoms with Crippen LogP contribution in [0.5, 0.6) is 5.75 Å². The van der Waals surface area contributed by atoms with Crippen LogP contribution in [0.25, 0.3) is 0 Å². The molecule has 3 rings (SSSR count). The van der Waals surface area contributed by atoms with Gasteiger partial charge >= 0.3 is 0 Å². The maximum Gasteiger partial charge on any atom is 0.229 e. The van der Waals surface area contributed by atoms with Gasteiger partial charge in [0.15, 0.2) is 0 Å². The summed E-state index contributed by atoms with van der Waals surface area (Å²) in [6, 6.07) is 13.3. The van der Waals surface area contributed by atoms with Crippen LogP contribution in [0.15, 0.2) is 42.5 Å². The van der Waals surface area contributed by atoms with Crippen LogP contribution in [-0.4, -0.2) is 24.5 Å². The van der Waals surface area contributed by atoms with Gasteiger partial charge in [-0.3, -0.25) is 9.59 Å². The normalized spacial score (nSPS) is 16.7. The van der Waals surface area contributed by atoms with Crippen molar-refractivity contribution in [1.82, 2.24) is 0 Å². The Hall–Kier alpha value is -2.82.